The number of nitrogens with one attached hydrogen (secondary N) is 2. The van der Waals surface area contributed by atoms with Crippen LogP contribution >= 0.6 is 15.9 Å². The minimum Gasteiger partial charge on any atom is -0.465 e. The second kappa shape index (κ2) is 6.85. The highest BCUT2D eigenvalue weighted by atomic mass is 79.9. The minimum atomic E-state index is -1.06. The topological polar surface area (TPSA) is 91.3 Å². The van der Waals surface area contributed by atoms with E-state index < -0.39 is 6.09 Å². The van der Waals surface area contributed by atoms with Crippen molar-refractivity contribution in [3.63, 3.8) is 0 Å². The number of carbonyl (C=O) groups excluding carboxylic acids is 1. The molecule has 2 amide bonds. The summed E-state index contributed by atoms with van der Waals surface area (Å²) in [6, 6.07) is 3.22. The van der Waals surface area contributed by atoms with Gasteiger partial charge in [-0.25, -0.2) is 9.78 Å². The predicted octanol–water partition coefficient (Wildman–Crippen LogP) is 1.23. The third kappa shape index (κ3) is 5.30. The van der Waals surface area contributed by atoms with Crippen molar-refractivity contribution in [2.45, 2.75) is 6.42 Å². The Labute approximate surface area is 107 Å². The third-order valence-corrected chi connectivity index (χ3v) is 2.34. The van der Waals surface area contributed by atoms with Gasteiger partial charge in [0.2, 0.25) is 0 Å². The van der Waals surface area contributed by atoms with Crippen molar-refractivity contribution in [2.75, 3.05) is 13.1 Å². The van der Waals surface area contributed by atoms with Crippen LogP contribution in [-0.2, 0) is 0 Å². The molecule has 6 nitrogen and oxygen atoms in total. The fourth-order valence-corrected chi connectivity index (χ4v) is 1.50. The summed E-state index contributed by atoms with van der Waals surface area (Å²) in [5.41, 5.74) is 0.512. The van der Waals surface area contributed by atoms with Crippen molar-refractivity contribution in [3.8, 4) is 0 Å². The van der Waals surface area contributed by atoms with Gasteiger partial charge in [-0.05, 0) is 34.5 Å². The zero-order valence-corrected chi connectivity index (χ0v) is 10.5. The van der Waals surface area contributed by atoms with E-state index in [9.17, 15) is 9.59 Å². The third-order valence-electron chi connectivity index (χ3n) is 1.90. The van der Waals surface area contributed by atoms with Gasteiger partial charge in [-0.15, -0.1) is 0 Å². The van der Waals surface area contributed by atoms with E-state index in [1.54, 1.807) is 12.1 Å². The summed E-state index contributed by atoms with van der Waals surface area (Å²) in [5, 5.41) is 13.2. The Balaban J connectivity index is 2.28. The molecule has 0 aliphatic carbocycles. The van der Waals surface area contributed by atoms with Gasteiger partial charge in [-0.2, -0.15) is 0 Å². The van der Waals surface area contributed by atoms with Gasteiger partial charge >= 0.3 is 6.09 Å². The van der Waals surface area contributed by atoms with Gasteiger partial charge in [0, 0.05) is 24.8 Å². The summed E-state index contributed by atoms with van der Waals surface area (Å²) in [5.74, 6) is -0.205. The summed E-state index contributed by atoms with van der Waals surface area (Å²) < 4.78 is 0.595. The van der Waals surface area contributed by atoms with Crippen LogP contribution in [0.4, 0.5) is 4.79 Å². The average molecular weight is 302 g/mol. The van der Waals surface area contributed by atoms with E-state index in [4.69, 9.17) is 5.11 Å². The first-order chi connectivity index (χ1) is 8.09. The van der Waals surface area contributed by atoms with Gasteiger partial charge in [0.1, 0.15) is 4.60 Å². The van der Waals surface area contributed by atoms with E-state index in [1.807, 2.05) is 0 Å². The molecule has 0 spiro atoms. The number of nitrogens with zero attached hydrogens (tertiary/aromatic N) is 1. The number of carbonyl (C=O) groups is 2. The quantitative estimate of drug-likeness (QED) is 0.563. The maximum atomic E-state index is 11.6. The van der Waals surface area contributed by atoms with Gasteiger partial charge < -0.3 is 15.7 Å². The largest absolute Gasteiger partial charge is 0.465 e. The predicted molar refractivity (Wildman–Crippen MR) is 64.9 cm³/mol. The number of hydrogen-bond donors (Lipinski definition) is 3. The minimum absolute atomic E-state index is 0.205. The van der Waals surface area contributed by atoms with Gasteiger partial charge in [-0.1, -0.05) is 0 Å². The van der Waals surface area contributed by atoms with E-state index in [0.717, 1.165) is 0 Å². The molecule has 0 aromatic carbocycles. The standard InChI is InChI=1S/C10H12BrN3O3/c11-8-6-7(2-5-12-8)9(15)13-3-1-4-14-10(16)17/h2,5-6,14H,1,3-4H2,(H,13,15)(H,16,17). The fraction of sp³-hybridized carbons (Fsp3) is 0.300. The van der Waals surface area contributed by atoms with Crippen LogP contribution < -0.4 is 10.6 Å². The highest BCUT2D eigenvalue weighted by Gasteiger charge is 2.05. The molecule has 1 heterocycles. The molecule has 0 radical (unpaired) electrons. The number of amides is 2. The van der Waals surface area contributed by atoms with Crippen molar-refractivity contribution < 1.29 is 14.7 Å². The number of halogens is 1. The lowest BCUT2D eigenvalue weighted by atomic mass is 10.2. The number of carboxylic acid groups (broad SMARTS) is 1. The Hall–Kier alpha value is -1.63. The van der Waals surface area contributed by atoms with Crippen LogP contribution in [0.3, 0.4) is 0 Å². The van der Waals surface area contributed by atoms with Gasteiger partial charge in [-0.3, -0.25) is 4.79 Å². The number of pyridine rings is 1. The molecule has 0 aliphatic rings. The maximum absolute atomic E-state index is 11.6. The van der Waals surface area contributed by atoms with Crippen LogP contribution in [0.2, 0.25) is 0 Å². The molecule has 17 heavy (non-hydrogen) atoms. The molecule has 7 heteroatoms. The highest BCUT2D eigenvalue weighted by Crippen LogP contribution is 2.07. The van der Waals surface area contributed by atoms with Crippen LogP contribution in [0.25, 0.3) is 0 Å². The lowest BCUT2D eigenvalue weighted by molar-refractivity contribution is 0.0953. The van der Waals surface area contributed by atoms with Gasteiger partial charge in [0.15, 0.2) is 0 Å². The first-order valence-corrected chi connectivity index (χ1v) is 5.75. The molecule has 1 aromatic heterocycles. The Morgan fingerprint density at radius 2 is 2.06 bits per heavy atom. The van der Waals surface area contributed by atoms with E-state index >= 15 is 0 Å². The molecule has 1 rings (SSSR count). The molecule has 0 atom stereocenters. The van der Waals surface area contributed by atoms with Crippen LogP contribution in [0.1, 0.15) is 16.8 Å². The molecular formula is C10H12BrN3O3. The van der Waals surface area contributed by atoms with Crippen LogP contribution in [0.5, 0.6) is 0 Å². The Morgan fingerprint density at radius 1 is 1.35 bits per heavy atom. The summed E-state index contributed by atoms with van der Waals surface area (Å²) in [4.78, 5) is 25.7. The normalized spacial score (nSPS) is 9.71. The lowest BCUT2D eigenvalue weighted by Gasteiger charge is -2.05. The van der Waals surface area contributed by atoms with E-state index in [-0.39, 0.29) is 5.91 Å². The van der Waals surface area contributed by atoms with Crippen LogP contribution in [-0.4, -0.2) is 35.2 Å². The van der Waals surface area contributed by atoms with Crippen molar-refractivity contribution in [1.82, 2.24) is 15.6 Å². The summed E-state index contributed by atoms with van der Waals surface area (Å²) in [6.45, 7) is 0.731. The van der Waals surface area contributed by atoms with Crippen molar-refractivity contribution >= 4 is 27.9 Å². The van der Waals surface area contributed by atoms with Crippen LogP contribution in [0, 0.1) is 0 Å². The SMILES string of the molecule is O=C(O)NCCCNC(=O)c1ccnc(Br)c1. The van der Waals surface area contributed by atoms with Crippen molar-refractivity contribution in [1.29, 1.82) is 0 Å². The van der Waals surface area contributed by atoms with E-state index in [1.165, 1.54) is 6.20 Å². The number of hydrogen-bond acceptors (Lipinski definition) is 3. The van der Waals surface area contributed by atoms with E-state index in [0.29, 0.717) is 29.7 Å². The van der Waals surface area contributed by atoms with Crippen molar-refractivity contribution in [2.24, 2.45) is 0 Å². The molecule has 1 aromatic rings. The molecule has 0 bridgehead atoms. The Bertz CT molecular complexity index is 412. The molecule has 3 N–H and O–H groups in total. The number of rotatable bonds is 5. The molecule has 0 aliphatic heterocycles. The van der Waals surface area contributed by atoms with Gasteiger partial charge in [0.05, 0.1) is 0 Å². The molecule has 92 valence electrons. The zero-order valence-electron chi connectivity index (χ0n) is 8.94. The first kappa shape index (κ1) is 13.4. The summed E-state index contributed by atoms with van der Waals surface area (Å²) >= 11 is 3.17. The summed E-state index contributed by atoms with van der Waals surface area (Å²) in [7, 11) is 0. The molecule has 0 saturated carbocycles. The monoisotopic (exact) mass is 301 g/mol. The molecule has 0 saturated heterocycles. The second-order valence-electron chi connectivity index (χ2n) is 3.21. The Morgan fingerprint density at radius 3 is 2.71 bits per heavy atom. The summed E-state index contributed by atoms with van der Waals surface area (Å²) in [6.07, 6.45) is 1.02. The lowest BCUT2D eigenvalue weighted by Crippen LogP contribution is -2.29. The zero-order chi connectivity index (χ0) is 12.7. The first-order valence-electron chi connectivity index (χ1n) is 4.96. The molecule has 0 unspecified atom stereocenters. The maximum Gasteiger partial charge on any atom is 0.404 e. The average Bonchev–Trinajstić information content (AvgIpc) is 2.28. The Kier molecular flexibility index (Phi) is 5.41. The van der Waals surface area contributed by atoms with E-state index in [2.05, 4.69) is 31.5 Å². The smallest absolute Gasteiger partial charge is 0.404 e. The molecule has 0 fully saturated rings. The highest BCUT2D eigenvalue weighted by molar-refractivity contribution is 9.10. The second-order valence-corrected chi connectivity index (χ2v) is 4.02. The van der Waals surface area contributed by atoms with Gasteiger partial charge in [0.25, 0.3) is 5.91 Å². The van der Waals surface area contributed by atoms with Crippen molar-refractivity contribution in [3.05, 3.63) is 28.5 Å². The molecular weight excluding hydrogens is 290 g/mol. The fourth-order valence-electron chi connectivity index (χ4n) is 1.13. The number of aromatic nitrogens is 1. The van der Waals surface area contributed by atoms with Crippen LogP contribution in [0.15, 0.2) is 22.9 Å².